The molecule has 0 heterocycles. The van der Waals surface area contributed by atoms with Crippen LogP contribution in [-0.2, 0) is 0 Å². The van der Waals surface area contributed by atoms with Crippen LogP contribution in [-0.4, -0.2) is 78.5 Å². The van der Waals surface area contributed by atoms with E-state index in [0.717, 1.165) is 28.6 Å². The highest BCUT2D eigenvalue weighted by Gasteiger charge is 2.21. The van der Waals surface area contributed by atoms with Crippen LogP contribution in [0.1, 0.15) is 25.3 Å². The van der Waals surface area contributed by atoms with Crippen molar-refractivity contribution in [2.45, 2.75) is 19.8 Å². The van der Waals surface area contributed by atoms with Gasteiger partial charge in [-0.25, -0.2) is 0 Å². The second kappa shape index (κ2) is 9.64. The van der Waals surface area contributed by atoms with Crippen molar-refractivity contribution in [3.05, 3.63) is 23.8 Å². The molecule has 33 heavy (non-hydrogen) atoms. The first-order chi connectivity index (χ1) is 15.4. The van der Waals surface area contributed by atoms with Gasteiger partial charge in [-0.05, 0) is 18.1 Å². The van der Waals surface area contributed by atoms with Gasteiger partial charge in [0.2, 0.25) is 0 Å². The van der Waals surface area contributed by atoms with Crippen LogP contribution < -0.4 is 64.1 Å². The Hall–Kier alpha value is -2.09. The Bertz CT molecular complexity index is 1110. The molecule has 12 heteroatoms. The average molecular weight is 423 g/mol. The van der Waals surface area contributed by atoms with Gasteiger partial charge in [0.25, 0.3) is 0 Å². The van der Waals surface area contributed by atoms with E-state index in [1.807, 2.05) is 6.07 Å². The summed E-state index contributed by atoms with van der Waals surface area (Å²) in [7, 11) is 21.7. The minimum Gasteiger partial charge on any atom is -0.458 e. The van der Waals surface area contributed by atoms with Gasteiger partial charge < -0.3 is 9.47 Å². The third-order valence-corrected chi connectivity index (χ3v) is 7.89. The summed E-state index contributed by atoms with van der Waals surface area (Å²) >= 11 is 0. The number of rotatable bonds is 5. The number of benzene rings is 3. The van der Waals surface area contributed by atoms with Crippen LogP contribution in [0.2, 0.25) is 0 Å². The maximum Gasteiger partial charge on any atom is 0.143 e. The standard InChI is InChI=1S/C21H30B10O2/c1-6(2)9-7(32-20-16(28)12(24)10(22)13(25)17(20)29)4-3-5-8(9)33-21-18(30)14(26)11(23)15(27)19(21)31/h3-6H,22-31H2,1-2H3. The fraction of sp³-hybridized carbons (Fsp3) is 0.143. The van der Waals surface area contributed by atoms with Gasteiger partial charge in [0.15, 0.2) is 0 Å². The summed E-state index contributed by atoms with van der Waals surface area (Å²) in [5.41, 5.74) is 13.8. The molecular weight excluding hydrogens is 392 g/mol. The summed E-state index contributed by atoms with van der Waals surface area (Å²) in [4.78, 5) is 0. The Balaban J connectivity index is 2.16. The second-order valence-corrected chi connectivity index (χ2v) is 9.94. The maximum atomic E-state index is 6.67. The number of hydrogen-bond acceptors (Lipinski definition) is 2. The third kappa shape index (κ3) is 4.51. The predicted molar refractivity (Wildman–Crippen MR) is 175 cm³/mol. The molecule has 2 nitrogen and oxygen atoms in total. The van der Waals surface area contributed by atoms with Crippen LogP contribution >= 0.6 is 0 Å². The molecule has 0 fully saturated rings. The van der Waals surface area contributed by atoms with Crippen molar-refractivity contribution in [1.82, 2.24) is 0 Å². The Labute approximate surface area is 208 Å². The molecule has 0 aliphatic heterocycles. The molecule has 0 atom stereocenters. The smallest absolute Gasteiger partial charge is 0.143 e. The first kappa shape index (κ1) is 25.5. The fourth-order valence-electron chi connectivity index (χ4n) is 4.73. The largest absolute Gasteiger partial charge is 0.458 e. The number of hydrogen-bond donors (Lipinski definition) is 0. The van der Waals surface area contributed by atoms with Crippen molar-refractivity contribution in [2.75, 3.05) is 0 Å². The van der Waals surface area contributed by atoms with Gasteiger partial charge >= 0.3 is 0 Å². The Morgan fingerprint density at radius 1 is 0.485 bits per heavy atom. The van der Waals surface area contributed by atoms with Gasteiger partial charge in [-0.3, -0.25) is 0 Å². The summed E-state index contributed by atoms with van der Waals surface area (Å²) in [6, 6.07) is 6.17. The topological polar surface area (TPSA) is 18.5 Å². The molecule has 3 aromatic carbocycles. The van der Waals surface area contributed by atoms with Crippen molar-refractivity contribution >= 4 is 133 Å². The lowest BCUT2D eigenvalue weighted by molar-refractivity contribution is 0.451. The van der Waals surface area contributed by atoms with Crippen molar-refractivity contribution in [3.8, 4) is 23.0 Å². The minimum atomic E-state index is 0.248. The van der Waals surface area contributed by atoms with Crippen molar-refractivity contribution < 1.29 is 9.47 Å². The second-order valence-electron chi connectivity index (χ2n) is 9.94. The van der Waals surface area contributed by atoms with Gasteiger partial charge in [0, 0.05) is 5.56 Å². The zero-order valence-corrected chi connectivity index (χ0v) is 22.6. The van der Waals surface area contributed by atoms with Crippen LogP contribution in [0, 0.1) is 0 Å². The minimum absolute atomic E-state index is 0.248. The summed E-state index contributed by atoms with van der Waals surface area (Å²) in [5, 5.41) is 0. The van der Waals surface area contributed by atoms with Gasteiger partial charge in [0.05, 0.1) is 0 Å². The highest BCUT2D eigenvalue weighted by Crippen LogP contribution is 2.38. The highest BCUT2D eigenvalue weighted by atomic mass is 16.5. The normalized spacial score (nSPS) is 11.0. The van der Waals surface area contributed by atoms with E-state index in [-0.39, 0.29) is 5.92 Å². The van der Waals surface area contributed by atoms with E-state index in [2.05, 4.69) is 104 Å². The molecule has 0 aliphatic rings. The quantitative estimate of drug-likeness (QED) is 0.381. The van der Waals surface area contributed by atoms with Gasteiger partial charge in [-0.2, -0.15) is 0 Å². The van der Waals surface area contributed by atoms with Crippen LogP contribution in [0.4, 0.5) is 0 Å². The molecule has 0 radical (unpaired) electrons. The lowest BCUT2D eigenvalue weighted by Crippen LogP contribution is -2.54. The lowest BCUT2D eigenvalue weighted by atomic mass is 9.62. The molecule has 0 amide bonds. The van der Waals surface area contributed by atoms with Crippen LogP contribution in [0.3, 0.4) is 0 Å². The zero-order valence-electron chi connectivity index (χ0n) is 22.6. The molecule has 0 spiro atoms. The molecule has 0 saturated carbocycles. The van der Waals surface area contributed by atoms with E-state index in [1.54, 1.807) is 0 Å². The first-order valence-electron chi connectivity index (χ1n) is 12.0. The molecule has 0 bridgehead atoms. The van der Waals surface area contributed by atoms with Crippen molar-refractivity contribution in [2.24, 2.45) is 0 Å². The Morgan fingerprint density at radius 3 is 1.03 bits per heavy atom. The van der Waals surface area contributed by atoms with E-state index in [1.165, 1.54) is 54.6 Å². The van der Waals surface area contributed by atoms with E-state index in [0.29, 0.717) is 0 Å². The number of ether oxygens (including phenoxy) is 2. The molecule has 3 rings (SSSR count). The zero-order chi connectivity index (χ0) is 24.8. The molecule has 156 valence electrons. The summed E-state index contributed by atoms with van der Waals surface area (Å²) in [5.74, 6) is 3.91. The molecular formula is C21H30B10O2. The van der Waals surface area contributed by atoms with E-state index in [4.69, 9.17) is 9.47 Å². The molecule has 0 N–H and O–H groups in total. The fourth-order valence-corrected chi connectivity index (χ4v) is 4.73. The molecule has 0 aliphatic carbocycles. The molecule has 3 aromatic rings. The highest BCUT2D eigenvalue weighted by molar-refractivity contribution is 6.68. The molecule has 0 saturated heterocycles. The molecule has 0 aromatic heterocycles. The summed E-state index contributed by atoms with van der Waals surface area (Å²) in [6.07, 6.45) is 0. The first-order valence-corrected chi connectivity index (χ1v) is 12.0. The van der Waals surface area contributed by atoms with Gasteiger partial charge in [0.1, 0.15) is 101 Å². The maximum absolute atomic E-state index is 6.67. The Morgan fingerprint density at radius 2 is 0.758 bits per heavy atom. The van der Waals surface area contributed by atoms with E-state index < -0.39 is 0 Å². The average Bonchev–Trinajstić information content (AvgIpc) is 2.79. The van der Waals surface area contributed by atoms with E-state index >= 15 is 0 Å². The lowest BCUT2D eigenvalue weighted by Gasteiger charge is -2.25. The van der Waals surface area contributed by atoms with Crippen LogP contribution in [0.15, 0.2) is 18.2 Å². The monoisotopic (exact) mass is 424 g/mol. The van der Waals surface area contributed by atoms with Crippen molar-refractivity contribution in [1.29, 1.82) is 0 Å². The predicted octanol–water partition coefficient (Wildman–Crippen LogP) is -11.0. The molecule has 0 unspecified atom stereocenters. The third-order valence-electron chi connectivity index (χ3n) is 7.89. The van der Waals surface area contributed by atoms with Crippen LogP contribution in [0.5, 0.6) is 23.0 Å². The van der Waals surface area contributed by atoms with E-state index in [9.17, 15) is 0 Å². The van der Waals surface area contributed by atoms with Gasteiger partial charge in [-0.15, -0.1) is 10.9 Å². The van der Waals surface area contributed by atoms with Crippen LogP contribution in [0.25, 0.3) is 0 Å². The summed E-state index contributed by atoms with van der Waals surface area (Å²) < 4.78 is 13.3. The summed E-state index contributed by atoms with van der Waals surface area (Å²) in [6.45, 7) is 4.40. The van der Waals surface area contributed by atoms with Gasteiger partial charge in [-0.1, -0.05) is 63.6 Å². The SMILES string of the molecule is Bc1c(B)c(B)c(Oc2cccc(Oc3c(B)c(B)c(B)c(B)c3B)c2C(C)C)c(B)c1B. The van der Waals surface area contributed by atoms with Crippen molar-refractivity contribution in [3.63, 3.8) is 0 Å². The Kier molecular flexibility index (Phi) is 7.46.